The van der Waals surface area contributed by atoms with Crippen molar-refractivity contribution < 1.29 is 9.15 Å². The molecule has 0 saturated carbocycles. The highest BCUT2D eigenvalue weighted by molar-refractivity contribution is 5.09. The molecule has 1 fully saturated rings. The summed E-state index contributed by atoms with van der Waals surface area (Å²) in [6.45, 7) is 2.82. The number of hydrogen-bond acceptors (Lipinski definition) is 3. The highest BCUT2D eigenvalue weighted by Crippen LogP contribution is 2.24. The van der Waals surface area contributed by atoms with Gasteiger partial charge in [0.25, 0.3) is 0 Å². The van der Waals surface area contributed by atoms with Gasteiger partial charge >= 0.3 is 0 Å². The first kappa shape index (κ1) is 9.74. The van der Waals surface area contributed by atoms with Gasteiger partial charge in [-0.1, -0.05) is 0 Å². The molecule has 0 spiro atoms. The molecule has 1 aliphatic rings. The fourth-order valence-electron chi connectivity index (χ4n) is 1.88. The van der Waals surface area contributed by atoms with Crippen molar-refractivity contribution in [3.05, 3.63) is 23.7 Å². The fraction of sp³-hybridized carbons (Fsp3) is 0.636. The minimum absolute atomic E-state index is 0.0215. The summed E-state index contributed by atoms with van der Waals surface area (Å²) in [5.74, 6) is 1.79. The molecule has 3 heteroatoms. The number of furan rings is 1. The van der Waals surface area contributed by atoms with Crippen LogP contribution in [0.3, 0.4) is 0 Å². The Morgan fingerprint density at radius 1 is 1.57 bits per heavy atom. The van der Waals surface area contributed by atoms with E-state index in [1.54, 1.807) is 0 Å². The third-order valence-electron chi connectivity index (χ3n) is 2.67. The van der Waals surface area contributed by atoms with Crippen molar-refractivity contribution in [2.45, 2.75) is 38.3 Å². The Morgan fingerprint density at radius 2 is 2.43 bits per heavy atom. The highest BCUT2D eigenvalue weighted by atomic mass is 16.5. The maximum Gasteiger partial charge on any atom is 0.120 e. The SMILES string of the molecule is Cc1ccc(C(N)CC2CCCO2)o1. The zero-order valence-corrected chi connectivity index (χ0v) is 8.53. The van der Waals surface area contributed by atoms with Crippen molar-refractivity contribution in [1.29, 1.82) is 0 Å². The first-order valence-electron chi connectivity index (χ1n) is 5.19. The molecule has 1 aromatic rings. The minimum atomic E-state index is -0.0215. The van der Waals surface area contributed by atoms with E-state index >= 15 is 0 Å². The number of nitrogens with two attached hydrogens (primary N) is 1. The molecule has 1 aliphatic heterocycles. The van der Waals surface area contributed by atoms with E-state index in [2.05, 4.69) is 0 Å². The van der Waals surface area contributed by atoms with Crippen LogP contribution < -0.4 is 5.73 Å². The molecule has 1 saturated heterocycles. The summed E-state index contributed by atoms with van der Waals surface area (Å²) >= 11 is 0. The second-order valence-corrected chi connectivity index (χ2v) is 3.93. The lowest BCUT2D eigenvalue weighted by Crippen LogP contribution is -2.17. The van der Waals surface area contributed by atoms with Gasteiger partial charge in [-0.25, -0.2) is 0 Å². The summed E-state index contributed by atoms with van der Waals surface area (Å²) in [5, 5.41) is 0. The predicted molar refractivity (Wildman–Crippen MR) is 54.0 cm³/mol. The van der Waals surface area contributed by atoms with Crippen LogP contribution in [0.1, 0.15) is 36.8 Å². The quantitative estimate of drug-likeness (QED) is 0.804. The third kappa shape index (κ3) is 2.16. The molecule has 2 heterocycles. The molecule has 0 aromatic carbocycles. The molecule has 78 valence electrons. The van der Waals surface area contributed by atoms with Crippen molar-refractivity contribution in [2.24, 2.45) is 5.73 Å². The van der Waals surface area contributed by atoms with Crippen molar-refractivity contribution >= 4 is 0 Å². The van der Waals surface area contributed by atoms with Gasteiger partial charge in [0.1, 0.15) is 11.5 Å². The maximum atomic E-state index is 6.01. The van der Waals surface area contributed by atoms with Gasteiger partial charge in [-0.15, -0.1) is 0 Å². The Kier molecular flexibility index (Phi) is 2.89. The van der Waals surface area contributed by atoms with Crippen molar-refractivity contribution in [2.75, 3.05) is 6.61 Å². The third-order valence-corrected chi connectivity index (χ3v) is 2.67. The summed E-state index contributed by atoms with van der Waals surface area (Å²) in [6, 6.07) is 3.88. The smallest absolute Gasteiger partial charge is 0.120 e. The molecule has 0 aliphatic carbocycles. The Labute approximate surface area is 84.2 Å². The van der Waals surface area contributed by atoms with Crippen LogP contribution in [0, 0.1) is 6.92 Å². The van der Waals surface area contributed by atoms with Crippen LogP contribution >= 0.6 is 0 Å². The van der Waals surface area contributed by atoms with Crippen LogP contribution in [0.5, 0.6) is 0 Å². The van der Waals surface area contributed by atoms with E-state index in [-0.39, 0.29) is 6.04 Å². The highest BCUT2D eigenvalue weighted by Gasteiger charge is 2.20. The second kappa shape index (κ2) is 4.15. The molecule has 0 amide bonds. The van der Waals surface area contributed by atoms with E-state index in [0.717, 1.165) is 37.4 Å². The Morgan fingerprint density at radius 3 is 3.00 bits per heavy atom. The first-order chi connectivity index (χ1) is 6.75. The number of hydrogen-bond donors (Lipinski definition) is 1. The molecule has 2 rings (SSSR count). The van der Waals surface area contributed by atoms with Gasteiger partial charge in [0.15, 0.2) is 0 Å². The van der Waals surface area contributed by atoms with Gasteiger partial charge in [0, 0.05) is 6.61 Å². The van der Waals surface area contributed by atoms with Gasteiger partial charge in [-0.2, -0.15) is 0 Å². The van der Waals surface area contributed by atoms with Gasteiger partial charge < -0.3 is 14.9 Å². The summed E-state index contributed by atoms with van der Waals surface area (Å²) in [4.78, 5) is 0. The maximum absolute atomic E-state index is 6.01. The van der Waals surface area contributed by atoms with Crippen LogP contribution in [0.2, 0.25) is 0 Å². The molecule has 2 unspecified atom stereocenters. The molecule has 1 aromatic heterocycles. The number of ether oxygens (including phenoxy) is 1. The number of rotatable bonds is 3. The van der Waals surface area contributed by atoms with Crippen molar-refractivity contribution in [3.8, 4) is 0 Å². The van der Waals surface area contributed by atoms with E-state index in [0.29, 0.717) is 6.10 Å². The van der Waals surface area contributed by atoms with Crippen LogP contribution in [-0.4, -0.2) is 12.7 Å². The standard InChI is InChI=1S/C11H17NO2/c1-8-4-5-11(14-8)10(12)7-9-3-2-6-13-9/h4-5,9-10H,2-3,6-7,12H2,1H3. The predicted octanol–water partition coefficient (Wildman–Crippen LogP) is 2.16. The molecule has 2 atom stereocenters. The molecule has 2 N–H and O–H groups in total. The molecular weight excluding hydrogens is 178 g/mol. The lowest BCUT2D eigenvalue weighted by Gasteiger charge is -2.13. The normalized spacial score (nSPS) is 24.0. The minimum Gasteiger partial charge on any atom is -0.465 e. The summed E-state index contributed by atoms with van der Waals surface area (Å²) in [6.07, 6.45) is 3.49. The molecule has 0 bridgehead atoms. The van der Waals surface area contributed by atoms with Crippen LogP contribution in [0.4, 0.5) is 0 Å². The zero-order valence-electron chi connectivity index (χ0n) is 8.53. The molecule has 3 nitrogen and oxygen atoms in total. The molecular formula is C11H17NO2. The Bertz CT molecular complexity index is 289. The van der Waals surface area contributed by atoms with E-state index in [1.165, 1.54) is 0 Å². The Hall–Kier alpha value is -0.800. The lowest BCUT2D eigenvalue weighted by molar-refractivity contribution is 0.0962. The van der Waals surface area contributed by atoms with Crippen molar-refractivity contribution in [1.82, 2.24) is 0 Å². The fourth-order valence-corrected chi connectivity index (χ4v) is 1.88. The van der Waals surface area contributed by atoms with Crippen molar-refractivity contribution in [3.63, 3.8) is 0 Å². The second-order valence-electron chi connectivity index (χ2n) is 3.93. The monoisotopic (exact) mass is 195 g/mol. The van der Waals surface area contributed by atoms with Gasteiger partial charge in [0.2, 0.25) is 0 Å². The molecule has 0 radical (unpaired) electrons. The lowest BCUT2D eigenvalue weighted by atomic mass is 10.1. The summed E-state index contributed by atoms with van der Waals surface area (Å²) < 4.78 is 11.0. The van der Waals surface area contributed by atoms with Crippen LogP contribution in [0.15, 0.2) is 16.5 Å². The summed E-state index contributed by atoms with van der Waals surface area (Å²) in [7, 11) is 0. The topological polar surface area (TPSA) is 48.4 Å². The summed E-state index contributed by atoms with van der Waals surface area (Å²) in [5.41, 5.74) is 6.01. The average Bonchev–Trinajstić information content (AvgIpc) is 2.75. The number of aryl methyl sites for hydroxylation is 1. The van der Waals surface area contributed by atoms with E-state index in [1.807, 2.05) is 19.1 Å². The van der Waals surface area contributed by atoms with Gasteiger partial charge in [-0.05, 0) is 38.3 Å². The van der Waals surface area contributed by atoms with E-state index < -0.39 is 0 Å². The van der Waals surface area contributed by atoms with Gasteiger partial charge in [0.05, 0.1) is 12.1 Å². The average molecular weight is 195 g/mol. The first-order valence-corrected chi connectivity index (χ1v) is 5.19. The zero-order chi connectivity index (χ0) is 9.97. The molecule has 14 heavy (non-hydrogen) atoms. The van der Waals surface area contributed by atoms with Gasteiger partial charge in [-0.3, -0.25) is 0 Å². The Balaban J connectivity index is 1.91. The van der Waals surface area contributed by atoms with Crippen LogP contribution in [0.25, 0.3) is 0 Å². The largest absolute Gasteiger partial charge is 0.465 e. The van der Waals surface area contributed by atoms with E-state index in [9.17, 15) is 0 Å². The van der Waals surface area contributed by atoms with E-state index in [4.69, 9.17) is 14.9 Å². The van der Waals surface area contributed by atoms with Crippen LogP contribution in [-0.2, 0) is 4.74 Å².